The number of halogens is 2. The first-order valence-electron chi connectivity index (χ1n) is 6.83. The molecule has 0 aliphatic rings. The smallest absolute Gasteiger partial charge is 0.340 e. The first-order chi connectivity index (χ1) is 11.5. The molecule has 2 aromatic rings. The van der Waals surface area contributed by atoms with E-state index in [1.165, 1.54) is 31.0 Å². The first-order valence-corrected chi connectivity index (χ1v) is 8.44. The highest BCUT2D eigenvalue weighted by Gasteiger charge is 2.18. The fraction of sp³-hybridized carbons (Fsp3) is 0.176. The Hall–Kier alpha value is -2.05. The maximum absolute atomic E-state index is 13.3. The Kier molecular flexibility index (Phi) is 6.23. The van der Waals surface area contributed by atoms with E-state index in [9.17, 15) is 14.0 Å². The van der Waals surface area contributed by atoms with Gasteiger partial charge >= 0.3 is 5.97 Å². The molecule has 0 heterocycles. The molecule has 0 amide bonds. The van der Waals surface area contributed by atoms with Crippen LogP contribution in [0.3, 0.4) is 0 Å². The van der Waals surface area contributed by atoms with Gasteiger partial charge in [-0.3, -0.25) is 4.79 Å². The molecular weight excluding hydrogens is 355 g/mol. The van der Waals surface area contributed by atoms with Crippen molar-refractivity contribution in [2.45, 2.75) is 4.90 Å². The number of carbonyl (C=O) groups is 2. The quantitative estimate of drug-likeness (QED) is 0.433. The molecule has 0 aliphatic carbocycles. The highest BCUT2D eigenvalue weighted by atomic mass is 35.5. The second-order valence-corrected chi connectivity index (χ2v) is 5.98. The minimum absolute atomic E-state index is 0.00858. The Morgan fingerprint density at radius 2 is 1.92 bits per heavy atom. The first kappa shape index (κ1) is 18.3. The zero-order valence-electron chi connectivity index (χ0n) is 13.0. The van der Waals surface area contributed by atoms with Crippen LogP contribution in [0.2, 0.25) is 5.02 Å². The fourth-order valence-electron chi connectivity index (χ4n) is 1.97. The fourth-order valence-corrected chi connectivity index (χ4v) is 2.61. The summed E-state index contributed by atoms with van der Waals surface area (Å²) in [6, 6.07) is 8.49. The molecule has 0 N–H and O–H groups in total. The van der Waals surface area contributed by atoms with Crippen LogP contribution in [0.1, 0.15) is 20.7 Å². The van der Waals surface area contributed by atoms with Gasteiger partial charge in [-0.15, -0.1) is 11.8 Å². The van der Waals surface area contributed by atoms with Crippen molar-refractivity contribution in [2.24, 2.45) is 0 Å². The van der Waals surface area contributed by atoms with Crippen molar-refractivity contribution < 1.29 is 23.5 Å². The average molecular weight is 369 g/mol. The van der Waals surface area contributed by atoms with E-state index in [0.717, 1.165) is 11.0 Å². The van der Waals surface area contributed by atoms with Gasteiger partial charge in [-0.2, -0.15) is 0 Å². The molecule has 0 radical (unpaired) electrons. The van der Waals surface area contributed by atoms with Gasteiger partial charge in [0.1, 0.15) is 11.6 Å². The van der Waals surface area contributed by atoms with Crippen molar-refractivity contribution >= 4 is 35.1 Å². The van der Waals surface area contributed by atoms with Gasteiger partial charge in [-0.1, -0.05) is 11.6 Å². The summed E-state index contributed by atoms with van der Waals surface area (Å²) in [5.41, 5.74) is 0.178. The van der Waals surface area contributed by atoms with Crippen LogP contribution < -0.4 is 4.74 Å². The molecular formula is C17H14ClFO4S. The molecule has 0 unspecified atom stereocenters. The number of rotatable bonds is 6. The number of ether oxygens (including phenoxy) is 2. The maximum atomic E-state index is 13.3. The minimum Gasteiger partial charge on any atom is -0.496 e. The highest BCUT2D eigenvalue weighted by molar-refractivity contribution is 7.98. The number of thioether (sulfide) groups is 1. The molecule has 0 atom stereocenters. The lowest BCUT2D eigenvalue weighted by Crippen LogP contribution is -2.15. The highest BCUT2D eigenvalue weighted by Crippen LogP contribution is 2.24. The zero-order chi connectivity index (χ0) is 17.7. The van der Waals surface area contributed by atoms with Crippen LogP contribution in [0.25, 0.3) is 0 Å². The Labute approximate surface area is 147 Å². The van der Waals surface area contributed by atoms with Crippen LogP contribution in [-0.2, 0) is 4.74 Å². The van der Waals surface area contributed by atoms with Crippen LogP contribution in [0.4, 0.5) is 4.39 Å². The largest absolute Gasteiger partial charge is 0.496 e. The van der Waals surface area contributed by atoms with E-state index in [2.05, 4.69) is 0 Å². The second kappa shape index (κ2) is 8.17. The van der Waals surface area contributed by atoms with Gasteiger partial charge in [0.2, 0.25) is 5.78 Å². The van der Waals surface area contributed by atoms with Crippen LogP contribution in [0.15, 0.2) is 41.3 Å². The lowest BCUT2D eigenvalue weighted by molar-refractivity contribution is 0.0473. The topological polar surface area (TPSA) is 52.6 Å². The van der Waals surface area contributed by atoms with Crippen molar-refractivity contribution in [1.29, 1.82) is 0 Å². The lowest BCUT2D eigenvalue weighted by atomic mass is 10.1. The summed E-state index contributed by atoms with van der Waals surface area (Å²) in [5, 5.41) is 0.230. The number of carbonyl (C=O) groups excluding carboxylic acids is 2. The molecule has 0 fully saturated rings. The predicted molar refractivity (Wildman–Crippen MR) is 90.8 cm³/mol. The number of hydrogen-bond acceptors (Lipinski definition) is 5. The number of methoxy groups -OCH3 is 1. The van der Waals surface area contributed by atoms with Crippen LogP contribution >= 0.6 is 23.4 Å². The third-order valence-electron chi connectivity index (χ3n) is 3.19. The van der Waals surface area contributed by atoms with E-state index in [0.29, 0.717) is 0 Å². The summed E-state index contributed by atoms with van der Waals surface area (Å²) < 4.78 is 23.3. The van der Waals surface area contributed by atoms with Crippen LogP contribution in [0, 0.1) is 5.82 Å². The van der Waals surface area contributed by atoms with E-state index < -0.39 is 24.2 Å². The Morgan fingerprint density at radius 3 is 2.58 bits per heavy atom. The Bertz CT molecular complexity index is 779. The predicted octanol–water partition coefficient (Wildman–Crippen LogP) is 4.25. The summed E-state index contributed by atoms with van der Waals surface area (Å²) in [6.07, 6.45) is 1.86. The van der Waals surface area contributed by atoms with Crippen molar-refractivity contribution in [1.82, 2.24) is 0 Å². The number of esters is 1. The summed E-state index contributed by atoms with van der Waals surface area (Å²) in [4.78, 5) is 25.1. The zero-order valence-corrected chi connectivity index (χ0v) is 14.5. The number of ketones is 1. The molecule has 7 heteroatoms. The molecule has 0 bridgehead atoms. The molecule has 0 saturated carbocycles. The van der Waals surface area contributed by atoms with Crippen molar-refractivity contribution in [2.75, 3.05) is 20.0 Å². The van der Waals surface area contributed by atoms with Crippen LogP contribution in [0.5, 0.6) is 5.75 Å². The van der Waals surface area contributed by atoms with E-state index in [1.807, 2.05) is 6.26 Å². The van der Waals surface area contributed by atoms with Crippen molar-refractivity contribution in [3.63, 3.8) is 0 Å². The summed E-state index contributed by atoms with van der Waals surface area (Å²) in [5.74, 6) is -1.67. The molecule has 4 nitrogen and oxygen atoms in total. The summed E-state index contributed by atoms with van der Waals surface area (Å²) in [7, 11) is 1.36. The molecule has 0 saturated heterocycles. The van der Waals surface area contributed by atoms with E-state index in [-0.39, 0.29) is 21.9 Å². The van der Waals surface area contributed by atoms with Crippen molar-refractivity contribution in [3.8, 4) is 5.75 Å². The van der Waals surface area contributed by atoms with Crippen molar-refractivity contribution in [3.05, 3.63) is 58.4 Å². The number of Topliss-reactive ketones (excluding diaryl/α,β-unsaturated/α-hetero) is 1. The third kappa shape index (κ3) is 4.27. The van der Waals surface area contributed by atoms with Gasteiger partial charge in [0.15, 0.2) is 6.61 Å². The average Bonchev–Trinajstić information content (AvgIpc) is 2.59. The normalized spacial score (nSPS) is 10.3. The molecule has 2 rings (SSSR count). The monoisotopic (exact) mass is 368 g/mol. The molecule has 0 aliphatic heterocycles. The van der Waals surface area contributed by atoms with E-state index in [1.54, 1.807) is 18.2 Å². The third-order valence-corrected chi connectivity index (χ3v) is 4.24. The standard InChI is InChI=1S/C17H14ClFO4S/c1-22-16-6-3-10(19)7-13(16)15(20)9-23-17(21)12-8-11(24-2)4-5-14(12)18/h3-8H,9H2,1-2H3. The summed E-state index contributed by atoms with van der Waals surface area (Å²) in [6.45, 7) is -0.543. The van der Waals surface area contributed by atoms with Gasteiger partial charge in [0.25, 0.3) is 0 Å². The maximum Gasteiger partial charge on any atom is 0.340 e. The van der Waals surface area contributed by atoms with Gasteiger partial charge in [-0.05, 0) is 42.7 Å². The molecule has 2 aromatic carbocycles. The lowest BCUT2D eigenvalue weighted by Gasteiger charge is -2.09. The minimum atomic E-state index is -0.723. The Balaban J connectivity index is 2.12. The summed E-state index contributed by atoms with van der Waals surface area (Å²) >= 11 is 7.43. The molecule has 0 aromatic heterocycles. The second-order valence-electron chi connectivity index (χ2n) is 4.69. The number of benzene rings is 2. The number of hydrogen-bond donors (Lipinski definition) is 0. The molecule has 126 valence electrons. The van der Waals surface area contributed by atoms with Gasteiger partial charge in [-0.25, -0.2) is 9.18 Å². The van der Waals surface area contributed by atoms with Gasteiger partial charge in [0, 0.05) is 4.90 Å². The van der Waals surface area contributed by atoms with E-state index >= 15 is 0 Å². The SMILES string of the molecule is COc1ccc(F)cc1C(=O)COC(=O)c1cc(SC)ccc1Cl. The molecule has 0 spiro atoms. The Morgan fingerprint density at radius 1 is 1.17 bits per heavy atom. The molecule has 24 heavy (non-hydrogen) atoms. The van der Waals surface area contributed by atoms with Gasteiger partial charge < -0.3 is 9.47 Å². The van der Waals surface area contributed by atoms with Crippen LogP contribution in [-0.4, -0.2) is 31.7 Å². The van der Waals surface area contributed by atoms with E-state index in [4.69, 9.17) is 21.1 Å². The van der Waals surface area contributed by atoms with Gasteiger partial charge in [0.05, 0.1) is 23.3 Å².